The van der Waals surface area contributed by atoms with Crippen molar-refractivity contribution in [2.24, 2.45) is 5.73 Å². The number of rotatable bonds is 3. The molecule has 3 N–H and O–H groups in total. The number of hydrogen-bond acceptors (Lipinski definition) is 3. The molecule has 0 atom stereocenters. The zero-order valence-corrected chi connectivity index (χ0v) is 9.41. The third-order valence-electron chi connectivity index (χ3n) is 1.72. The summed E-state index contributed by atoms with van der Waals surface area (Å²) in [5.74, 6) is 0.566. The summed E-state index contributed by atoms with van der Waals surface area (Å²) in [7, 11) is 1.51. The fraction of sp³-hybridized carbons (Fsp3) is 0.200. The van der Waals surface area contributed by atoms with Crippen molar-refractivity contribution < 1.29 is 9.84 Å². The summed E-state index contributed by atoms with van der Waals surface area (Å²) in [5, 5.41) is 9.70. The highest BCUT2D eigenvalue weighted by Gasteiger charge is 2.06. The molecule has 0 aromatic heterocycles. The molecule has 4 heteroatoms. The Morgan fingerprint density at radius 3 is 2.86 bits per heavy atom. The van der Waals surface area contributed by atoms with E-state index in [1.54, 1.807) is 24.3 Å². The van der Waals surface area contributed by atoms with Crippen LogP contribution in [0.1, 0.15) is 5.56 Å². The Labute approximate surface area is 91.3 Å². The van der Waals surface area contributed by atoms with Crippen LogP contribution in [0.25, 0.3) is 6.08 Å². The van der Waals surface area contributed by atoms with E-state index in [0.717, 1.165) is 4.47 Å². The smallest absolute Gasteiger partial charge is 0.165 e. The van der Waals surface area contributed by atoms with Gasteiger partial charge in [0.05, 0.1) is 7.11 Å². The zero-order valence-electron chi connectivity index (χ0n) is 7.83. The van der Waals surface area contributed by atoms with Crippen molar-refractivity contribution in [2.75, 3.05) is 13.7 Å². The standard InChI is InChI=1S/C10H12BrNO2/c1-14-9-6-8(11)5-7(10(9)13)3-2-4-12/h2-3,5-6,13H,4,12H2,1H3/b3-2+. The summed E-state index contributed by atoms with van der Waals surface area (Å²) in [5.41, 5.74) is 6.01. The maximum atomic E-state index is 9.70. The van der Waals surface area contributed by atoms with E-state index >= 15 is 0 Å². The van der Waals surface area contributed by atoms with E-state index in [0.29, 0.717) is 17.9 Å². The highest BCUT2D eigenvalue weighted by atomic mass is 79.9. The number of aromatic hydroxyl groups is 1. The minimum atomic E-state index is 0.125. The van der Waals surface area contributed by atoms with Crippen molar-refractivity contribution in [1.82, 2.24) is 0 Å². The van der Waals surface area contributed by atoms with Crippen LogP contribution in [0.15, 0.2) is 22.7 Å². The largest absolute Gasteiger partial charge is 0.504 e. The van der Waals surface area contributed by atoms with E-state index in [-0.39, 0.29) is 5.75 Å². The molecule has 0 bridgehead atoms. The van der Waals surface area contributed by atoms with Gasteiger partial charge < -0.3 is 15.6 Å². The summed E-state index contributed by atoms with van der Waals surface area (Å²) in [4.78, 5) is 0. The van der Waals surface area contributed by atoms with Crippen molar-refractivity contribution >= 4 is 22.0 Å². The normalized spacial score (nSPS) is 10.8. The molecule has 14 heavy (non-hydrogen) atoms. The molecule has 1 aromatic rings. The molecule has 0 radical (unpaired) electrons. The van der Waals surface area contributed by atoms with Gasteiger partial charge in [-0.25, -0.2) is 0 Å². The number of phenolic OH excluding ortho intramolecular Hbond substituents is 1. The van der Waals surface area contributed by atoms with E-state index in [1.807, 2.05) is 0 Å². The van der Waals surface area contributed by atoms with Gasteiger partial charge in [0.1, 0.15) is 0 Å². The third-order valence-corrected chi connectivity index (χ3v) is 2.18. The fourth-order valence-electron chi connectivity index (χ4n) is 1.07. The van der Waals surface area contributed by atoms with Gasteiger partial charge in [0.15, 0.2) is 11.5 Å². The summed E-state index contributed by atoms with van der Waals surface area (Å²) >= 11 is 3.32. The van der Waals surface area contributed by atoms with Crippen molar-refractivity contribution in [3.63, 3.8) is 0 Å². The molecule has 3 nitrogen and oxygen atoms in total. The molecular formula is C10H12BrNO2. The predicted octanol–water partition coefficient (Wildman–Crippen LogP) is 2.14. The highest BCUT2D eigenvalue weighted by Crippen LogP contribution is 2.34. The van der Waals surface area contributed by atoms with Crippen LogP contribution in [0.2, 0.25) is 0 Å². The van der Waals surface area contributed by atoms with Crippen molar-refractivity contribution in [3.8, 4) is 11.5 Å². The second kappa shape index (κ2) is 5.02. The van der Waals surface area contributed by atoms with Gasteiger partial charge in [-0.1, -0.05) is 28.1 Å². The van der Waals surface area contributed by atoms with E-state index in [9.17, 15) is 5.11 Å². The van der Waals surface area contributed by atoms with Crippen LogP contribution < -0.4 is 10.5 Å². The third kappa shape index (κ3) is 2.49. The maximum absolute atomic E-state index is 9.70. The van der Waals surface area contributed by atoms with E-state index in [2.05, 4.69) is 15.9 Å². The van der Waals surface area contributed by atoms with E-state index < -0.39 is 0 Å². The molecule has 0 fully saturated rings. The van der Waals surface area contributed by atoms with Crippen molar-refractivity contribution in [1.29, 1.82) is 0 Å². The van der Waals surface area contributed by atoms with Gasteiger partial charge in [-0.05, 0) is 12.1 Å². The van der Waals surface area contributed by atoms with Crippen LogP contribution in [-0.2, 0) is 0 Å². The number of phenols is 1. The molecule has 0 aliphatic rings. The SMILES string of the molecule is COc1cc(Br)cc(/C=C/CN)c1O. The Hall–Kier alpha value is -1.00. The summed E-state index contributed by atoms with van der Waals surface area (Å²) in [6.45, 7) is 0.439. The number of nitrogens with two attached hydrogens (primary N) is 1. The van der Waals surface area contributed by atoms with Gasteiger partial charge in [0.25, 0.3) is 0 Å². The number of halogens is 1. The van der Waals surface area contributed by atoms with E-state index in [4.69, 9.17) is 10.5 Å². The topological polar surface area (TPSA) is 55.5 Å². The van der Waals surface area contributed by atoms with Crippen molar-refractivity contribution in [2.45, 2.75) is 0 Å². The first-order valence-electron chi connectivity index (χ1n) is 4.12. The first-order chi connectivity index (χ1) is 6.69. The highest BCUT2D eigenvalue weighted by molar-refractivity contribution is 9.10. The molecule has 0 spiro atoms. The van der Waals surface area contributed by atoms with Crippen LogP contribution in [0.3, 0.4) is 0 Å². The second-order valence-electron chi connectivity index (χ2n) is 2.68. The average Bonchev–Trinajstić information content (AvgIpc) is 2.18. The molecular weight excluding hydrogens is 246 g/mol. The van der Waals surface area contributed by atoms with Crippen LogP contribution in [0, 0.1) is 0 Å². The van der Waals surface area contributed by atoms with Gasteiger partial charge in [-0.3, -0.25) is 0 Å². The predicted molar refractivity (Wildman–Crippen MR) is 60.4 cm³/mol. The zero-order chi connectivity index (χ0) is 10.6. The number of ether oxygens (including phenoxy) is 1. The quantitative estimate of drug-likeness (QED) is 0.873. The van der Waals surface area contributed by atoms with Gasteiger partial charge in [0.2, 0.25) is 0 Å². The van der Waals surface area contributed by atoms with Gasteiger partial charge >= 0.3 is 0 Å². The molecule has 0 saturated heterocycles. The summed E-state index contributed by atoms with van der Waals surface area (Å²) in [6, 6.07) is 3.50. The molecule has 0 saturated carbocycles. The molecule has 76 valence electrons. The average molecular weight is 258 g/mol. The lowest BCUT2D eigenvalue weighted by atomic mass is 10.1. The van der Waals surface area contributed by atoms with Crippen LogP contribution in [-0.4, -0.2) is 18.8 Å². The molecule has 0 aliphatic heterocycles. The lowest BCUT2D eigenvalue weighted by Crippen LogP contribution is -1.92. The Bertz CT molecular complexity index is 350. The Morgan fingerprint density at radius 1 is 1.57 bits per heavy atom. The molecule has 0 unspecified atom stereocenters. The minimum Gasteiger partial charge on any atom is -0.504 e. The van der Waals surface area contributed by atoms with Crippen LogP contribution in [0.5, 0.6) is 11.5 Å². The number of methoxy groups -OCH3 is 1. The Morgan fingerprint density at radius 2 is 2.29 bits per heavy atom. The lowest BCUT2D eigenvalue weighted by molar-refractivity contribution is 0.372. The minimum absolute atomic E-state index is 0.125. The summed E-state index contributed by atoms with van der Waals surface area (Å²) in [6.07, 6.45) is 3.52. The molecule has 0 aliphatic carbocycles. The van der Waals surface area contributed by atoms with Crippen molar-refractivity contribution in [3.05, 3.63) is 28.2 Å². The number of hydrogen-bond donors (Lipinski definition) is 2. The molecule has 0 heterocycles. The maximum Gasteiger partial charge on any atom is 0.165 e. The Kier molecular flexibility index (Phi) is 3.98. The fourth-order valence-corrected chi connectivity index (χ4v) is 1.53. The number of benzene rings is 1. The van der Waals surface area contributed by atoms with Crippen LogP contribution >= 0.6 is 15.9 Å². The lowest BCUT2D eigenvalue weighted by Gasteiger charge is -2.06. The van der Waals surface area contributed by atoms with E-state index in [1.165, 1.54) is 7.11 Å². The monoisotopic (exact) mass is 257 g/mol. The summed E-state index contributed by atoms with van der Waals surface area (Å²) < 4.78 is 5.85. The van der Waals surface area contributed by atoms with Gasteiger partial charge in [-0.15, -0.1) is 0 Å². The van der Waals surface area contributed by atoms with Crippen LogP contribution in [0.4, 0.5) is 0 Å². The van der Waals surface area contributed by atoms with Gasteiger partial charge in [0, 0.05) is 16.6 Å². The second-order valence-corrected chi connectivity index (χ2v) is 3.60. The first-order valence-corrected chi connectivity index (χ1v) is 4.91. The van der Waals surface area contributed by atoms with Gasteiger partial charge in [-0.2, -0.15) is 0 Å². The molecule has 1 aromatic carbocycles. The first kappa shape index (κ1) is 11.1. The molecule has 1 rings (SSSR count). The molecule has 0 amide bonds. The Balaban J connectivity index is 3.15.